The number of amides is 2. The van der Waals surface area contributed by atoms with Gasteiger partial charge in [0.2, 0.25) is 0 Å². The molecule has 0 aliphatic carbocycles. The van der Waals surface area contributed by atoms with Crippen LogP contribution in [0.5, 0.6) is 5.75 Å². The summed E-state index contributed by atoms with van der Waals surface area (Å²) in [6.45, 7) is 11.9. The molecule has 0 bridgehead atoms. The van der Waals surface area contributed by atoms with E-state index >= 15 is 0 Å². The summed E-state index contributed by atoms with van der Waals surface area (Å²) in [5.74, 6) is 0.105. The zero-order valence-corrected chi connectivity index (χ0v) is 21.4. The Morgan fingerprint density at radius 3 is 2.50 bits per heavy atom. The lowest BCUT2D eigenvalue weighted by Gasteiger charge is -2.47. The molecule has 1 saturated heterocycles. The second kappa shape index (κ2) is 8.87. The van der Waals surface area contributed by atoms with Crippen molar-refractivity contribution in [3.8, 4) is 5.75 Å². The molecule has 178 valence electrons. The van der Waals surface area contributed by atoms with Crippen molar-refractivity contribution in [1.82, 2.24) is 5.32 Å². The van der Waals surface area contributed by atoms with Crippen molar-refractivity contribution in [1.29, 1.82) is 0 Å². The Labute approximate surface area is 206 Å². The van der Waals surface area contributed by atoms with E-state index in [1.165, 1.54) is 16.2 Å². The third-order valence-electron chi connectivity index (χ3n) is 6.82. The number of fused-ring (bicyclic) bond motifs is 1. The topological polar surface area (TPSA) is 61.9 Å². The lowest BCUT2D eigenvalue weighted by molar-refractivity contribution is -0.122. The van der Waals surface area contributed by atoms with Crippen molar-refractivity contribution >= 4 is 46.6 Å². The molecule has 1 N–H and O–H groups in total. The van der Waals surface area contributed by atoms with Gasteiger partial charge in [0.25, 0.3) is 11.8 Å². The third kappa shape index (κ3) is 4.09. The highest BCUT2D eigenvalue weighted by Crippen LogP contribution is 2.44. The second-order valence-electron chi connectivity index (χ2n) is 9.59. The molecule has 1 atom stereocenters. The SMILES string of the molecule is CCN1c2cc(C)c(/C=C3\C(=O)NC(=S)N(c4ccc(OC)cc4)C3=O)cc2C(C)CC1(C)C. The maximum Gasteiger partial charge on any atom is 0.270 e. The highest BCUT2D eigenvalue weighted by Gasteiger charge is 2.37. The lowest BCUT2D eigenvalue weighted by Crippen LogP contribution is -2.54. The van der Waals surface area contributed by atoms with Gasteiger partial charge < -0.3 is 9.64 Å². The molecule has 2 amide bonds. The quantitative estimate of drug-likeness (QED) is 0.384. The Kier molecular flexibility index (Phi) is 6.25. The molecule has 2 aromatic carbocycles. The fourth-order valence-electron chi connectivity index (χ4n) is 5.18. The molecule has 1 fully saturated rings. The summed E-state index contributed by atoms with van der Waals surface area (Å²) >= 11 is 5.32. The Morgan fingerprint density at radius 2 is 1.88 bits per heavy atom. The molecular formula is C27H31N3O3S. The molecule has 4 rings (SSSR count). The number of ether oxygens (including phenoxy) is 1. The predicted octanol–water partition coefficient (Wildman–Crippen LogP) is 4.95. The number of thiocarbonyl (C=S) groups is 1. The number of benzene rings is 2. The first-order chi connectivity index (χ1) is 16.1. The largest absolute Gasteiger partial charge is 0.497 e. The van der Waals surface area contributed by atoms with Gasteiger partial charge in [0.15, 0.2) is 5.11 Å². The van der Waals surface area contributed by atoms with Crippen LogP contribution < -0.4 is 19.9 Å². The first-order valence-electron chi connectivity index (χ1n) is 11.5. The predicted molar refractivity (Wildman–Crippen MR) is 141 cm³/mol. The normalized spacial score (nSPS) is 20.9. The van der Waals surface area contributed by atoms with Crippen LogP contribution in [-0.2, 0) is 9.59 Å². The number of methoxy groups -OCH3 is 1. The Bertz CT molecular complexity index is 1200. The summed E-state index contributed by atoms with van der Waals surface area (Å²) in [6, 6.07) is 11.3. The van der Waals surface area contributed by atoms with E-state index < -0.39 is 11.8 Å². The smallest absolute Gasteiger partial charge is 0.270 e. The van der Waals surface area contributed by atoms with E-state index in [2.05, 4.69) is 50.0 Å². The Morgan fingerprint density at radius 1 is 1.21 bits per heavy atom. The van der Waals surface area contributed by atoms with E-state index in [1.807, 2.05) is 6.92 Å². The zero-order valence-electron chi connectivity index (χ0n) is 20.6. The molecule has 1 unspecified atom stereocenters. The molecule has 2 aliphatic heterocycles. The van der Waals surface area contributed by atoms with Gasteiger partial charge in [-0.1, -0.05) is 6.92 Å². The van der Waals surface area contributed by atoms with Gasteiger partial charge >= 0.3 is 0 Å². The van der Waals surface area contributed by atoms with Crippen LogP contribution in [0.1, 0.15) is 56.7 Å². The van der Waals surface area contributed by atoms with Crippen molar-refractivity contribution in [2.24, 2.45) is 0 Å². The van der Waals surface area contributed by atoms with Crippen LogP contribution in [0.15, 0.2) is 42.0 Å². The van der Waals surface area contributed by atoms with E-state index in [9.17, 15) is 9.59 Å². The number of rotatable bonds is 4. The number of nitrogens with one attached hydrogen (secondary N) is 1. The first kappa shape index (κ1) is 24.0. The lowest BCUT2D eigenvalue weighted by atomic mass is 9.79. The molecule has 0 radical (unpaired) electrons. The monoisotopic (exact) mass is 477 g/mol. The van der Waals surface area contributed by atoms with Crippen molar-refractivity contribution in [2.45, 2.75) is 52.5 Å². The van der Waals surface area contributed by atoms with Crippen LogP contribution in [0.2, 0.25) is 0 Å². The minimum Gasteiger partial charge on any atom is -0.497 e. The number of hydrogen-bond donors (Lipinski definition) is 1. The average molecular weight is 478 g/mol. The van der Waals surface area contributed by atoms with Crippen molar-refractivity contribution in [2.75, 3.05) is 23.5 Å². The van der Waals surface area contributed by atoms with Crippen molar-refractivity contribution in [3.05, 3.63) is 58.7 Å². The number of anilines is 2. The number of carbonyl (C=O) groups is 2. The van der Waals surface area contributed by atoms with Crippen LogP contribution in [0.25, 0.3) is 6.08 Å². The number of aryl methyl sites for hydroxylation is 1. The molecule has 0 aromatic heterocycles. The fraction of sp³-hybridized carbons (Fsp3) is 0.370. The molecular weight excluding hydrogens is 446 g/mol. The van der Waals surface area contributed by atoms with Crippen LogP contribution in [-0.4, -0.2) is 36.1 Å². The van der Waals surface area contributed by atoms with Gasteiger partial charge in [-0.15, -0.1) is 0 Å². The maximum absolute atomic E-state index is 13.4. The summed E-state index contributed by atoms with van der Waals surface area (Å²) in [6.07, 6.45) is 2.72. The second-order valence-corrected chi connectivity index (χ2v) is 9.97. The van der Waals surface area contributed by atoms with Gasteiger partial charge in [-0.3, -0.25) is 19.8 Å². The molecule has 0 spiro atoms. The number of nitrogens with zero attached hydrogens (tertiary/aromatic N) is 2. The summed E-state index contributed by atoms with van der Waals surface area (Å²) in [5.41, 5.74) is 5.04. The summed E-state index contributed by atoms with van der Waals surface area (Å²) < 4.78 is 5.20. The molecule has 7 heteroatoms. The highest BCUT2D eigenvalue weighted by atomic mass is 32.1. The molecule has 2 aromatic rings. The highest BCUT2D eigenvalue weighted by molar-refractivity contribution is 7.80. The zero-order chi connectivity index (χ0) is 24.8. The standard InChI is InChI=1S/C27H31N3O3S/c1-7-29-23-12-16(2)18(13-21(23)17(3)15-27(29,4)5)14-22-24(31)28-26(34)30(25(22)32)19-8-10-20(33-6)11-9-19/h8-14,17H,7,15H2,1-6H3,(H,28,31,34)/b22-14+. The summed E-state index contributed by atoms with van der Waals surface area (Å²) in [5, 5.41) is 2.73. The average Bonchev–Trinajstić information content (AvgIpc) is 2.77. The van der Waals surface area contributed by atoms with Crippen molar-refractivity contribution < 1.29 is 14.3 Å². The fourth-order valence-corrected chi connectivity index (χ4v) is 5.46. The molecule has 2 heterocycles. The van der Waals surface area contributed by atoms with E-state index in [0.29, 0.717) is 17.4 Å². The van der Waals surface area contributed by atoms with E-state index in [1.54, 1.807) is 37.5 Å². The van der Waals surface area contributed by atoms with Gasteiger partial charge in [0.05, 0.1) is 12.8 Å². The number of carbonyl (C=O) groups excluding carboxylic acids is 2. The number of hydrogen-bond acceptors (Lipinski definition) is 5. The van der Waals surface area contributed by atoms with Gasteiger partial charge in [0, 0.05) is 17.8 Å². The van der Waals surface area contributed by atoms with Crippen LogP contribution in [0.4, 0.5) is 11.4 Å². The first-order valence-corrected chi connectivity index (χ1v) is 12.0. The van der Waals surface area contributed by atoms with Crippen LogP contribution in [0.3, 0.4) is 0 Å². The Balaban J connectivity index is 1.75. The molecule has 34 heavy (non-hydrogen) atoms. The van der Waals surface area contributed by atoms with Gasteiger partial charge in [0.1, 0.15) is 11.3 Å². The van der Waals surface area contributed by atoms with Gasteiger partial charge in [-0.25, -0.2) is 0 Å². The van der Waals surface area contributed by atoms with Gasteiger partial charge in [-0.2, -0.15) is 0 Å². The maximum atomic E-state index is 13.4. The minimum absolute atomic E-state index is 0.0589. The third-order valence-corrected chi connectivity index (χ3v) is 7.11. The summed E-state index contributed by atoms with van der Waals surface area (Å²) in [4.78, 5) is 30.0. The van der Waals surface area contributed by atoms with E-state index in [-0.39, 0.29) is 16.2 Å². The minimum atomic E-state index is -0.485. The van der Waals surface area contributed by atoms with E-state index in [0.717, 1.165) is 24.1 Å². The van der Waals surface area contributed by atoms with Crippen molar-refractivity contribution in [3.63, 3.8) is 0 Å². The van der Waals surface area contributed by atoms with Crippen LogP contribution >= 0.6 is 12.2 Å². The Hall–Kier alpha value is -3.19. The summed E-state index contributed by atoms with van der Waals surface area (Å²) in [7, 11) is 1.58. The van der Waals surface area contributed by atoms with Gasteiger partial charge in [-0.05, 0) is 111 Å². The van der Waals surface area contributed by atoms with E-state index in [4.69, 9.17) is 17.0 Å². The van der Waals surface area contributed by atoms with Crippen LogP contribution in [0, 0.1) is 6.92 Å². The molecule has 0 saturated carbocycles. The molecule has 2 aliphatic rings. The molecule has 6 nitrogen and oxygen atoms in total.